The zero-order chi connectivity index (χ0) is 19.3. The van der Waals surface area contributed by atoms with Gasteiger partial charge in [-0.1, -0.05) is 18.2 Å². The second kappa shape index (κ2) is 8.07. The van der Waals surface area contributed by atoms with Gasteiger partial charge in [0.1, 0.15) is 24.3 Å². The molecule has 1 aromatic heterocycles. The number of alkyl halides is 3. The summed E-state index contributed by atoms with van der Waals surface area (Å²) in [7, 11) is 0. The molecule has 0 spiro atoms. The number of aldehydes is 1. The summed E-state index contributed by atoms with van der Waals surface area (Å²) in [5.41, 5.74) is 0.723. The van der Waals surface area contributed by atoms with Crippen LogP contribution in [0, 0.1) is 0 Å². The minimum absolute atomic E-state index is 0.270. The molecular weight excluding hydrogens is 357 g/mol. The Morgan fingerprint density at radius 2 is 1.85 bits per heavy atom. The third-order valence-electron chi connectivity index (χ3n) is 3.96. The van der Waals surface area contributed by atoms with Crippen molar-refractivity contribution in [1.29, 1.82) is 0 Å². The second-order valence-electron chi connectivity index (χ2n) is 5.87. The molecule has 4 nitrogen and oxygen atoms in total. The van der Waals surface area contributed by atoms with E-state index >= 15 is 0 Å². The topological polar surface area (TPSA) is 51.2 Å². The molecule has 0 saturated carbocycles. The molecule has 0 fully saturated rings. The monoisotopic (exact) mass is 374 g/mol. The summed E-state index contributed by atoms with van der Waals surface area (Å²) in [6.45, 7) is -1.20. The number of halogens is 3. The Morgan fingerprint density at radius 1 is 1.11 bits per heavy atom. The summed E-state index contributed by atoms with van der Waals surface area (Å²) in [4.78, 5) is 14.5. The molecule has 27 heavy (non-hydrogen) atoms. The van der Waals surface area contributed by atoms with Crippen molar-refractivity contribution in [3.05, 3.63) is 65.9 Å². The van der Waals surface area contributed by atoms with Gasteiger partial charge < -0.3 is 10.1 Å². The van der Waals surface area contributed by atoms with Crippen molar-refractivity contribution in [3.63, 3.8) is 0 Å². The van der Waals surface area contributed by atoms with Crippen LogP contribution in [0.15, 0.2) is 54.6 Å². The van der Waals surface area contributed by atoms with Gasteiger partial charge in [-0.15, -0.1) is 0 Å². The number of pyridine rings is 1. The van der Waals surface area contributed by atoms with Crippen LogP contribution < -0.4 is 10.1 Å². The fraction of sp³-hybridized carbons (Fsp3) is 0.200. The number of benzene rings is 2. The van der Waals surface area contributed by atoms with Crippen molar-refractivity contribution >= 4 is 22.9 Å². The highest BCUT2D eigenvalue weighted by molar-refractivity contribution is 5.91. The maximum atomic E-state index is 13.7. The number of para-hydroxylation sites is 1. The Balaban J connectivity index is 1.72. The van der Waals surface area contributed by atoms with Crippen molar-refractivity contribution in [2.75, 3.05) is 25.1 Å². The van der Waals surface area contributed by atoms with Gasteiger partial charge in [-0.3, -0.25) is 4.79 Å². The van der Waals surface area contributed by atoms with Gasteiger partial charge in [0.2, 0.25) is 0 Å². The molecule has 0 radical (unpaired) electrons. The van der Waals surface area contributed by atoms with Gasteiger partial charge in [-0.05, 0) is 36.4 Å². The highest BCUT2D eigenvalue weighted by Gasteiger charge is 2.34. The molecule has 0 aliphatic heterocycles. The van der Waals surface area contributed by atoms with Gasteiger partial charge >= 0.3 is 5.92 Å². The number of hydrogen-bond acceptors (Lipinski definition) is 4. The van der Waals surface area contributed by atoms with Crippen LogP contribution in [-0.4, -0.2) is 31.1 Å². The number of carbonyl (C=O) groups excluding carboxylic acids is 1. The van der Waals surface area contributed by atoms with Crippen molar-refractivity contribution in [3.8, 4) is 5.75 Å². The Bertz CT molecular complexity index is 930. The number of nitrogens with one attached hydrogen (secondary N) is 1. The smallest absolute Gasteiger partial charge is 0.317 e. The van der Waals surface area contributed by atoms with E-state index < -0.39 is 18.3 Å². The molecule has 0 bridgehead atoms. The van der Waals surface area contributed by atoms with Crippen LogP contribution in [0.2, 0.25) is 0 Å². The molecule has 1 heterocycles. The number of fused-ring (bicyclic) bond motifs is 1. The molecule has 7 heteroatoms. The highest BCUT2D eigenvalue weighted by Crippen LogP contribution is 2.32. The maximum absolute atomic E-state index is 13.7. The van der Waals surface area contributed by atoms with Crippen molar-refractivity contribution < 1.29 is 22.7 Å². The maximum Gasteiger partial charge on any atom is 0.317 e. The lowest BCUT2D eigenvalue weighted by Crippen LogP contribution is -2.19. The van der Waals surface area contributed by atoms with Crippen LogP contribution in [-0.2, 0) is 5.92 Å². The van der Waals surface area contributed by atoms with E-state index in [2.05, 4.69) is 10.3 Å². The average Bonchev–Trinajstić information content (AvgIpc) is 2.71. The lowest BCUT2D eigenvalue weighted by atomic mass is 10.1. The predicted molar refractivity (Wildman–Crippen MR) is 97.4 cm³/mol. The lowest BCUT2D eigenvalue weighted by molar-refractivity contribution is -0.0318. The van der Waals surface area contributed by atoms with E-state index in [4.69, 9.17) is 4.74 Å². The molecule has 3 aromatic rings. The predicted octanol–water partition coefficient (Wildman–Crippen LogP) is 4.60. The van der Waals surface area contributed by atoms with Crippen molar-refractivity contribution in [2.24, 2.45) is 0 Å². The van der Waals surface area contributed by atoms with Gasteiger partial charge in [-0.2, -0.15) is 8.78 Å². The largest absolute Gasteiger partial charge is 0.492 e. The zero-order valence-electron chi connectivity index (χ0n) is 14.3. The fourth-order valence-electron chi connectivity index (χ4n) is 2.57. The number of nitrogens with zero attached hydrogens (tertiary/aromatic N) is 1. The molecule has 140 valence electrons. The van der Waals surface area contributed by atoms with E-state index in [-0.39, 0.29) is 6.61 Å². The highest BCUT2D eigenvalue weighted by atomic mass is 19.3. The quantitative estimate of drug-likeness (QED) is 0.463. The summed E-state index contributed by atoms with van der Waals surface area (Å²) >= 11 is 0. The van der Waals surface area contributed by atoms with Crippen LogP contribution in [0.4, 0.5) is 18.9 Å². The van der Waals surface area contributed by atoms with Gasteiger partial charge in [-0.25, -0.2) is 9.37 Å². The minimum Gasteiger partial charge on any atom is -0.492 e. The first-order chi connectivity index (χ1) is 13.0. The van der Waals surface area contributed by atoms with E-state index in [0.717, 1.165) is 6.29 Å². The molecule has 0 unspecified atom stereocenters. The number of rotatable bonds is 8. The van der Waals surface area contributed by atoms with Crippen LogP contribution in [0.1, 0.15) is 16.1 Å². The first-order valence-electron chi connectivity index (χ1n) is 8.29. The van der Waals surface area contributed by atoms with Gasteiger partial charge in [0.15, 0.2) is 6.67 Å². The second-order valence-corrected chi connectivity index (χ2v) is 5.87. The molecular formula is C20H17F3N2O2. The van der Waals surface area contributed by atoms with Crippen LogP contribution in [0.5, 0.6) is 5.75 Å². The van der Waals surface area contributed by atoms with Gasteiger partial charge in [0, 0.05) is 23.2 Å². The number of aromatic nitrogens is 1. The molecule has 0 saturated heterocycles. The van der Waals surface area contributed by atoms with E-state index in [1.165, 1.54) is 6.07 Å². The van der Waals surface area contributed by atoms with Gasteiger partial charge in [0.05, 0.1) is 5.52 Å². The third kappa shape index (κ3) is 4.36. The van der Waals surface area contributed by atoms with Crippen LogP contribution in [0.25, 0.3) is 10.9 Å². The average molecular weight is 374 g/mol. The Hall–Kier alpha value is -3.09. The number of ether oxygens (including phenoxy) is 1. The summed E-state index contributed by atoms with van der Waals surface area (Å²) in [5.74, 6) is -3.05. The number of hydrogen-bond donors (Lipinski definition) is 1. The van der Waals surface area contributed by atoms with E-state index in [1.807, 2.05) is 0 Å². The first-order valence-corrected chi connectivity index (χ1v) is 8.29. The normalized spacial score (nSPS) is 11.4. The lowest BCUT2D eigenvalue weighted by Gasteiger charge is -2.16. The molecule has 0 amide bonds. The summed E-state index contributed by atoms with van der Waals surface area (Å²) in [5, 5.41) is 3.70. The number of anilines is 1. The summed E-state index contributed by atoms with van der Waals surface area (Å²) < 4.78 is 45.7. The third-order valence-corrected chi connectivity index (χ3v) is 3.96. The van der Waals surface area contributed by atoms with E-state index in [1.54, 1.807) is 48.5 Å². The van der Waals surface area contributed by atoms with E-state index in [9.17, 15) is 18.0 Å². The molecule has 0 aliphatic carbocycles. The number of carbonyl (C=O) groups is 1. The Labute approximate surface area is 154 Å². The van der Waals surface area contributed by atoms with Crippen molar-refractivity contribution in [1.82, 2.24) is 4.98 Å². The Morgan fingerprint density at radius 3 is 2.56 bits per heavy atom. The van der Waals surface area contributed by atoms with Crippen LogP contribution in [0.3, 0.4) is 0 Å². The SMILES string of the molecule is O=Cc1ccc(OCCNc2cc(C(F)(F)CF)nc3ccccc23)cc1. The first kappa shape index (κ1) is 18.7. The zero-order valence-corrected chi connectivity index (χ0v) is 14.3. The molecule has 0 atom stereocenters. The minimum atomic E-state index is -3.64. The molecule has 1 N–H and O–H groups in total. The fourth-order valence-corrected chi connectivity index (χ4v) is 2.57. The summed E-state index contributed by atoms with van der Waals surface area (Å²) in [6.07, 6.45) is 0.741. The van der Waals surface area contributed by atoms with Gasteiger partial charge in [0.25, 0.3) is 0 Å². The molecule has 3 rings (SSSR count). The van der Waals surface area contributed by atoms with E-state index in [0.29, 0.717) is 34.4 Å². The standard InChI is InChI=1S/C20H17F3N2O2/c21-13-20(22,23)19-11-18(16-3-1-2-4-17(16)25-19)24-9-10-27-15-7-5-14(12-26)6-8-15/h1-8,11-12H,9-10,13H2,(H,24,25). The molecule has 2 aromatic carbocycles. The summed E-state index contributed by atoms with van der Waals surface area (Å²) in [6, 6.07) is 14.6. The molecule has 0 aliphatic rings. The van der Waals surface area contributed by atoms with Crippen LogP contribution >= 0.6 is 0 Å². The van der Waals surface area contributed by atoms with Crippen molar-refractivity contribution in [2.45, 2.75) is 5.92 Å². The Kier molecular flexibility index (Phi) is 5.59.